The largest absolute Gasteiger partial charge is 0.459 e. The molecule has 0 aliphatic rings. The summed E-state index contributed by atoms with van der Waals surface area (Å²) in [7, 11) is 0. The van der Waals surface area contributed by atoms with Crippen LogP contribution in [0.5, 0.6) is 0 Å². The van der Waals surface area contributed by atoms with Crippen molar-refractivity contribution in [3.05, 3.63) is 76.5 Å². The van der Waals surface area contributed by atoms with E-state index in [-0.39, 0.29) is 16.3 Å². The molecule has 0 unspecified atom stereocenters. The second kappa shape index (κ2) is 6.86. The summed E-state index contributed by atoms with van der Waals surface area (Å²) in [5.41, 5.74) is 7.77. The fourth-order valence-electron chi connectivity index (χ4n) is 2.55. The minimum Gasteiger partial charge on any atom is -0.459 e. The van der Waals surface area contributed by atoms with E-state index in [2.05, 4.69) is 10.9 Å². The standard InChI is InChI=1S/C18H16ClN3O3/c1-11-5-6-12(2)22(11)13-7-8-15(19)14(10-13)17(23)20-21-18(24)16-4-3-9-25-16/h3-10H,1-2H3,(H,20,23)(H,21,24). The van der Waals surface area contributed by atoms with E-state index in [4.69, 9.17) is 16.0 Å². The molecule has 0 radical (unpaired) electrons. The minimum atomic E-state index is -0.553. The topological polar surface area (TPSA) is 76.3 Å². The molecule has 1 aromatic carbocycles. The average molecular weight is 358 g/mol. The van der Waals surface area contributed by atoms with E-state index in [1.54, 1.807) is 18.2 Å². The number of benzene rings is 1. The molecule has 0 fully saturated rings. The fraction of sp³-hybridized carbons (Fsp3) is 0.111. The predicted molar refractivity (Wildman–Crippen MR) is 93.9 cm³/mol. The third-order valence-electron chi connectivity index (χ3n) is 3.76. The van der Waals surface area contributed by atoms with E-state index < -0.39 is 11.8 Å². The molecular weight excluding hydrogens is 342 g/mol. The van der Waals surface area contributed by atoms with E-state index in [0.29, 0.717) is 0 Å². The van der Waals surface area contributed by atoms with Gasteiger partial charge < -0.3 is 8.98 Å². The number of hydrogen-bond acceptors (Lipinski definition) is 3. The number of nitrogens with one attached hydrogen (secondary N) is 2. The Hall–Kier alpha value is -2.99. The number of aryl methyl sites for hydroxylation is 2. The molecule has 0 spiro atoms. The molecule has 7 heteroatoms. The van der Waals surface area contributed by atoms with E-state index >= 15 is 0 Å². The average Bonchev–Trinajstić information content (AvgIpc) is 3.24. The lowest BCUT2D eigenvalue weighted by molar-refractivity contribution is 0.0831. The normalized spacial score (nSPS) is 10.5. The predicted octanol–water partition coefficient (Wildman–Crippen LogP) is 3.42. The van der Waals surface area contributed by atoms with Gasteiger partial charge in [-0.05, 0) is 56.3 Å². The van der Waals surface area contributed by atoms with E-state index in [1.165, 1.54) is 12.3 Å². The lowest BCUT2D eigenvalue weighted by atomic mass is 10.2. The van der Waals surface area contributed by atoms with Gasteiger partial charge in [-0.3, -0.25) is 20.4 Å². The maximum atomic E-state index is 12.4. The first-order valence-corrected chi connectivity index (χ1v) is 7.94. The van der Waals surface area contributed by atoms with E-state index in [1.807, 2.05) is 36.6 Å². The molecule has 0 aliphatic heterocycles. The number of rotatable bonds is 3. The van der Waals surface area contributed by atoms with Gasteiger partial charge in [-0.1, -0.05) is 11.6 Å². The first-order chi connectivity index (χ1) is 12.0. The van der Waals surface area contributed by atoms with Crippen molar-refractivity contribution in [3.63, 3.8) is 0 Å². The zero-order valence-electron chi connectivity index (χ0n) is 13.7. The fourth-order valence-corrected chi connectivity index (χ4v) is 2.76. The van der Waals surface area contributed by atoms with Gasteiger partial charge in [0.15, 0.2) is 5.76 Å². The van der Waals surface area contributed by atoms with Crippen molar-refractivity contribution in [3.8, 4) is 5.69 Å². The lowest BCUT2D eigenvalue weighted by Gasteiger charge is -2.13. The van der Waals surface area contributed by atoms with Crippen molar-refractivity contribution in [2.24, 2.45) is 0 Å². The van der Waals surface area contributed by atoms with Crippen molar-refractivity contribution in [2.45, 2.75) is 13.8 Å². The number of hydrazine groups is 1. The second-order valence-electron chi connectivity index (χ2n) is 5.50. The number of furan rings is 1. The molecule has 2 heterocycles. The molecule has 2 aromatic heterocycles. The molecule has 0 saturated heterocycles. The van der Waals surface area contributed by atoms with Crippen LogP contribution in [0, 0.1) is 13.8 Å². The second-order valence-corrected chi connectivity index (χ2v) is 5.91. The molecule has 0 aliphatic carbocycles. The summed E-state index contributed by atoms with van der Waals surface area (Å²) >= 11 is 6.15. The number of hydrogen-bond donors (Lipinski definition) is 2. The van der Waals surface area contributed by atoms with Gasteiger partial charge in [0.2, 0.25) is 0 Å². The highest BCUT2D eigenvalue weighted by atomic mass is 35.5. The number of amides is 2. The van der Waals surface area contributed by atoms with Crippen LogP contribution in [0.2, 0.25) is 5.02 Å². The summed E-state index contributed by atoms with van der Waals surface area (Å²) in [6.07, 6.45) is 1.37. The van der Waals surface area contributed by atoms with Crippen molar-refractivity contribution < 1.29 is 14.0 Å². The lowest BCUT2D eigenvalue weighted by Crippen LogP contribution is -2.41. The zero-order chi connectivity index (χ0) is 18.0. The van der Waals surface area contributed by atoms with Crippen LogP contribution < -0.4 is 10.9 Å². The maximum absolute atomic E-state index is 12.4. The van der Waals surface area contributed by atoms with Crippen LogP contribution in [-0.4, -0.2) is 16.4 Å². The molecule has 2 amide bonds. The quantitative estimate of drug-likeness (QED) is 0.705. The van der Waals surface area contributed by atoms with Gasteiger partial charge in [-0.2, -0.15) is 0 Å². The number of aromatic nitrogens is 1. The van der Waals surface area contributed by atoms with Gasteiger partial charge in [0.25, 0.3) is 5.91 Å². The number of carbonyl (C=O) groups excluding carboxylic acids is 2. The Morgan fingerprint density at radius 2 is 1.68 bits per heavy atom. The van der Waals surface area contributed by atoms with Crippen LogP contribution >= 0.6 is 11.6 Å². The van der Waals surface area contributed by atoms with Crippen molar-refractivity contribution in [2.75, 3.05) is 0 Å². The summed E-state index contributed by atoms with van der Waals surface area (Å²) < 4.78 is 6.97. The highest BCUT2D eigenvalue weighted by molar-refractivity contribution is 6.34. The first kappa shape index (κ1) is 16.9. The molecule has 0 atom stereocenters. The monoisotopic (exact) mass is 357 g/mol. The molecule has 25 heavy (non-hydrogen) atoms. The molecule has 3 aromatic rings. The molecule has 3 rings (SSSR count). The number of carbonyl (C=O) groups is 2. The summed E-state index contributed by atoms with van der Waals surface area (Å²) in [5.74, 6) is -0.976. The number of halogens is 1. The van der Waals surface area contributed by atoms with Crippen molar-refractivity contribution in [1.82, 2.24) is 15.4 Å². The smallest absolute Gasteiger partial charge is 0.305 e. The maximum Gasteiger partial charge on any atom is 0.305 e. The molecular formula is C18H16ClN3O3. The Balaban J connectivity index is 1.81. The first-order valence-electron chi connectivity index (χ1n) is 7.56. The molecule has 0 saturated carbocycles. The van der Waals surface area contributed by atoms with Gasteiger partial charge >= 0.3 is 5.91 Å². The Kier molecular flexibility index (Phi) is 4.63. The summed E-state index contributed by atoms with van der Waals surface area (Å²) in [6, 6.07) is 12.2. The van der Waals surface area contributed by atoms with Gasteiger partial charge in [0.05, 0.1) is 16.8 Å². The van der Waals surface area contributed by atoms with Crippen LogP contribution in [-0.2, 0) is 0 Å². The molecule has 0 bridgehead atoms. The Morgan fingerprint density at radius 1 is 1.00 bits per heavy atom. The number of nitrogens with zero attached hydrogens (tertiary/aromatic N) is 1. The Morgan fingerprint density at radius 3 is 2.32 bits per heavy atom. The van der Waals surface area contributed by atoms with Crippen LogP contribution in [0.4, 0.5) is 0 Å². The van der Waals surface area contributed by atoms with Crippen LogP contribution in [0.3, 0.4) is 0 Å². The third-order valence-corrected chi connectivity index (χ3v) is 4.09. The summed E-state index contributed by atoms with van der Waals surface area (Å²) in [4.78, 5) is 24.2. The highest BCUT2D eigenvalue weighted by Crippen LogP contribution is 2.22. The zero-order valence-corrected chi connectivity index (χ0v) is 14.4. The van der Waals surface area contributed by atoms with Gasteiger partial charge in [-0.15, -0.1) is 0 Å². The van der Waals surface area contributed by atoms with Crippen LogP contribution in [0.25, 0.3) is 5.69 Å². The minimum absolute atomic E-state index is 0.0961. The van der Waals surface area contributed by atoms with Gasteiger partial charge in [0.1, 0.15) is 0 Å². The third kappa shape index (κ3) is 3.44. The van der Waals surface area contributed by atoms with Gasteiger partial charge in [-0.25, -0.2) is 0 Å². The summed E-state index contributed by atoms with van der Waals surface area (Å²) in [6.45, 7) is 3.95. The Bertz CT molecular complexity index is 910. The molecule has 6 nitrogen and oxygen atoms in total. The molecule has 2 N–H and O–H groups in total. The van der Waals surface area contributed by atoms with Crippen LogP contribution in [0.1, 0.15) is 32.3 Å². The Labute approximate surface area is 149 Å². The van der Waals surface area contributed by atoms with Gasteiger partial charge in [0, 0.05) is 17.1 Å². The summed E-state index contributed by atoms with van der Waals surface area (Å²) in [5, 5.41) is 0.288. The van der Waals surface area contributed by atoms with E-state index in [9.17, 15) is 9.59 Å². The van der Waals surface area contributed by atoms with Crippen molar-refractivity contribution in [1.29, 1.82) is 0 Å². The van der Waals surface area contributed by atoms with Crippen LogP contribution in [0.15, 0.2) is 53.1 Å². The highest BCUT2D eigenvalue weighted by Gasteiger charge is 2.15. The van der Waals surface area contributed by atoms with Crippen molar-refractivity contribution >= 4 is 23.4 Å². The van der Waals surface area contributed by atoms with E-state index in [0.717, 1.165) is 17.1 Å². The molecule has 128 valence electrons. The SMILES string of the molecule is Cc1ccc(C)n1-c1ccc(Cl)c(C(=O)NNC(=O)c2ccco2)c1.